The highest BCUT2D eigenvalue weighted by molar-refractivity contribution is 5.78. The lowest BCUT2D eigenvalue weighted by Crippen LogP contribution is -2.35. The number of nitro benzene ring substituents is 1. The number of rotatable bonds is 6. The summed E-state index contributed by atoms with van der Waals surface area (Å²) in [4.78, 5) is 22.9. The third-order valence-electron chi connectivity index (χ3n) is 2.85. The Kier molecular flexibility index (Phi) is 4.90. The molecule has 7 heteroatoms. The van der Waals surface area contributed by atoms with Crippen molar-refractivity contribution in [3.63, 3.8) is 0 Å². The third-order valence-corrected chi connectivity index (χ3v) is 2.85. The molecule has 1 aromatic rings. The van der Waals surface area contributed by atoms with Gasteiger partial charge in [-0.25, -0.2) is 4.79 Å². The number of aliphatic carboxylic acids is 1. The molecule has 1 unspecified atom stereocenters. The maximum Gasteiger partial charge on any atom is 0.326 e. The van der Waals surface area contributed by atoms with Crippen molar-refractivity contribution in [2.75, 3.05) is 11.9 Å². The highest BCUT2D eigenvalue weighted by Crippen LogP contribution is 2.32. The van der Waals surface area contributed by atoms with E-state index in [2.05, 4.69) is 0 Å². The van der Waals surface area contributed by atoms with Gasteiger partial charge in [0.2, 0.25) is 0 Å². The first-order valence-electron chi connectivity index (χ1n) is 6.14. The molecule has 1 rings (SSSR count). The lowest BCUT2D eigenvalue weighted by Gasteiger charge is -2.24. The number of carbonyl (C=O) groups is 1. The number of nitrogens with zero attached hydrogens (tertiary/aromatic N) is 2. The van der Waals surface area contributed by atoms with Crippen LogP contribution in [0.25, 0.3) is 0 Å². The molecule has 20 heavy (non-hydrogen) atoms. The van der Waals surface area contributed by atoms with E-state index in [1.807, 2.05) is 0 Å². The second-order valence-electron chi connectivity index (χ2n) is 4.70. The first-order valence-corrected chi connectivity index (χ1v) is 6.14. The normalized spacial score (nSPS) is 12.1. The molecule has 1 atom stereocenters. The van der Waals surface area contributed by atoms with E-state index in [4.69, 9.17) is 9.84 Å². The Morgan fingerprint density at radius 1 is 1.40 bits per heavy atom. The van der Waals surface area contributed by atoms with Gasteiger partial charge in [0.1, 0.15) is 6.04 Å². The monoisotopic (exact) mass is 282 g/mol. The quantitative estimate of drug-likeness (QED) is 0.635. The van der Waals surface area contributed by atoms with Crippen molar-refractivity contribution in [1.82, 2.24) is 0 Å². The Morgan fingerprint density at radius 2 is 2.00 bits per heavy atom. The Hall–Kier alpha value is -2.31. The summed E-state index contributed by atoms with van der Waals surface area (Å²) in [7, 11) is 1.61. The summed E-state index contributed by atoms with van der Waals surface area (Å²) < 4.78 is 5.42. The highest BCUT2D eigenvalue weighted by atomic mass is 16.6. The molecule has 7 nitrogen and oxygen atoms in total. The van der Waals surface area contributed by atoms with Crippen LogP contribution in [0.5, 0.6) is 5.75 Å². The zero-order valence-corrected chi connectivity index (χ0v) is 11.9. The number of nitro groups is 1. The molecule has 0 heterocycles. The van der Waals surface area contributed by atoms with E-state index in [1.165, 1.54) is 30.0 Å². The number of anilines is 1. The molecular weight excluding hydrogens is 264 g/mol. The Balaban J connectivity index is 3.18. The van der Waals surface area contributed by atoms with E-state index in [0.717, 1.165) is 0 Å². The molecule has 1 N–H and O–H groups in total. The molecule has 0 fully saturated rings. The van der Waals surface area contributed by atoms with Crippen molar-refractivity contribution in [3.05, 3.63) is 28.3 Å². The van der Waals surface area contributed by atoms with Gasteiger partial charge in [0.05, 0.1) is 11.0 Å². The van der Waals surface area contributed by atoms with Crippen LogP contribution in [0.1, 0.15) is 20.8 Å². The van der Waals surface area contributed by atoms with Crippen LogP contribution in [-0.4, -0.2) is 35.2 Å². The molecule has 0 saturated heterocycles. The van der Waals surface area contributed by atoms with E-state index < -0.39 is 16.9 Å². The van der Waals surface area contributed by atoms with Gasteiger partial charge in [0.25, 0.3) is 0 Å². The van der Waals surface area contributed by atoms with Crippen molar-refractivity contribution in [3.8, 4) is 5.75 Å². The van der Waals surface area contributed by atoms with Crippen molar-refractivity contribution < 1.29 is 19.6 Å². The summed E-state index contributed by atoms with van der Waals surface area (Å²) >= 11 is 0. The van der Waals surface area contributed by atoms with Gasteiger partial charge in [0, 0.05) is 24.9 Å². The van der Waals surface area contributed by atoms with Crippen molar-refractivity contribution >= 4 is 17.3 Å². The maximum atomic E-state index is 11.0. The predicted molar refractivity (Wildman–Crippen MR) is 74.4 cm³/mol. The number of hydrogen-bond acceptors (Lipinski definition) is 5. The van der Waals surface area contributed by atoms with E-state index in [9.17, 15) is 14.9 Å². The van der Waals surface area contributed by atoms with E-state index in [0.29, 0.717) is 5.69 Å². The number of hydrogen-bond donors (Lipinski definition) is 1. The minimum atomic E-state index is -0.975. The third kappa shape index (κ3) is 3.59. The minimum Gasteiger partial charge on any atom is -0.484 e. The molecular formula is C13H18N2O5. The average molecular weight is 282 g/mol. The van der Waals surface area contributed by atoms with Gasteiger partial charge in [-0.1, -0.05) is 0 Å². The molecule has 0 spiro atoms. The van der Waals surface area contributed by atoms with Crippen LogP contribution in [0, 0.1) is 10.1 Å². The number of likely N-dealkylation sites (N-methyl/N-ethyl adjacent to an activating group) is 1. The fourth-order valence-electron chi connectivity index (χ4n) is 1.61. The fraction of sp³-hybridized carbons (Fsp3) is 0.462. The summed E-state index contributed by atoms with van der Waals surface area (Å²) in [5.41, 5.74) is 0.403. The van der Waals surface area contributed by atoms with Crippen LogP contribution >= 0.6 is 0 Å². The van der Waals surface area contributed by atoms with E-state index >= 15 is 0 Å². The van der Waals surface area contributed by atoms with Crippen LogP contribution in [-0.2, 0) is 4.79 Å². The molecule has 0 bridgehead atoms. The summed E-state index contributed by atoms with van der Waals surface area (Å²) in [6.07, 6.45) is -0.217. The SMILES string of the molecule is CC(C)Oc1cc(N(C)C(C)C(=O)O)ccc1[N+](=O)[O-]. The molecule has 0 aliphatic carbocycles. The highest BCUT2D eigenvalue weighted by Gasteiger charge is 2.22. The molecule has 0 aromatic heterocycles. The molecule has 0 radical (unpaired) electrons. The Morgan fingerprint density at radius 3 is 2.45 bits per heavy atom. The first kappa shape index (κ1) is 15.7. The largest absolute Gasteiger partial charge is 0.484 e. The van der Waals surface area contributed by atoms with Crippen molar-refractivity contribution in [2.45, 2.75) is 32.9 Å². The smallest absolute Gasteiger partial charge is 0.326 e. The number of ether oxygens (including phenoxy) is 1. The number of carboxylic acid groups (broad SMARTS) is 1. The van der Waals surface area contributed by atoms with Crippen molar-refractivity contribution in [1.29, 1.82) is 0 Å². The van der Waals surface area contributed by atoms with Crippen LogP contribution in [0.4, 0.5) is 11.4 Å². The van der Waals surface area contributed by atoms with E-state index in [1.54, 1.807) is 20.9 Å². The summed E-state index contributed by atoms with van der Waals surface area (Å²) in [6, 6.07) is 3.56. The zero-order valence-electron chi connectivity index (χ0n) is 11.9. The minimum absolute atomic E-state index is 0.131. The first-order chi connectivity index (χ1) is 9.23. The van der Waals surface area contributed by atoms with Crippen LogP contribution in [0.15, 0.2) is 18.2 Å². The van der Waals surface area contributed by atoms with Crippen LogP contribution in [0.2, 0.25) is 0 Å². The van der Waals surface area contributed by atoms with Crippen LogP contribution in [0.3, 0.4) is 0 Å². The lowest BCUT2D eigenvalue weighted by atomic mass is 10.2. The second kappa shape index (κ2) is 6.23. The summed E-state index contributed by atoms with van der Waals surface area (Å²) in [6.45, 7) is 5.06. The van der Waals surface area contributed by atoms with Gasteiger partial charge < -0.3 is 14.7 Å². The van der Waals surface area contributed by atoms with Gasteiger partial charge in [-0.05, 0) is 26.8 Å². The van der Waals surface area contributed by atoms with Crippen molar-refractivity contribution in [2.24, 2.45) is 0 Å². The zero-order chi connectivity index (χ0) is 15.4. The summed E-state index contributed by atoms with van der Waals surface area (Å²) in [5, 5.41) is 19.9. The lowest BCUT2D eigenvalue weighted by molar-refractivity contribution is -0.386. The molecule has 0 aliphatic rings. The summed E-state index contributed by atoms with van der Waals surface area (Å²) in [5.74, 6) is -0.843. The van der Waals surface area contributed by atoms with Gasteiger partial charge in [-0.3, -0.25) is 10.1 Å². The Bertz CT molecular complexity index is 515. The van der Waals surface area contributed by atoms with E-state index in [-0.39, 0.29) is 17.5 Å². The van der Waals surface area contributed by atoms with Crippen LogP contribution < -0.4 is 9.64 Å². The Labute approximate surface area is 116 Å². The molecule has 1 aromatic carbocycles. The fourth-order valence-corrected chi connectivity index (χ4v) is 1.61. The molecule has 0 amide bonds. The molecule has 0 aliphatic heterocycles. The molecule has 0 saturated carbocycles. The average Bonchev–Trinajstić information content (AvgIpc) is 2.35. The topological polar surface area (TPSA) is 92.9 Å². The number of benzene rings is 1. The van der Waals surface area contributed by atoms with Gasteiger partial charge in [0.15, 0.2) is 5.75 Å². The van der Waals surface area contributed by atoms with Gasteiger partial charge >= 0.3 is 11.7 Å². The number of carboxylic acids is 1. The standard InChI is InChI=1S/C13H18N2O5/c1-8(2)20-12-7-10(5-6-11(12)15(18)19)14(4)9(3)13(16)17/h5-9H,1-4H3,(H,16,17). The predicted octanol–water partition coefficient (Wildman–Crippen LogP) is 2.29. The van der Waals surface area contributed by atoms with Gasteiger partial charge in [-0.2, -0.15) is 0 Å². The maximum absolute atomic E-state index is 11.0. The second-order valence-corrected chi connectivity index (χ2v) is 4.70. The molecule has 110 valence electrons. The van der Waals surface area contributed by atoms with Gasteiger partial charge in [-0.15, -0.1) is 0 Å².